The third kappa shape index (κ3) is 18.2. The maximum Gasteiger partial charge on any atom is 0.351 e. The van der Waals surface area contributed by atoms with Gasteiger partial charge in [-0.05, 0) is 155 Å². The van der Waals surface area contributed by atoms with Crippen molar-refractivity contribution in [3.8, 4) is 67.7 Å². The number of ether oxygens (including phenoxy) is 3. The van der Waals surface area contributed by atoms with Gasteiger partial charge in [0.15, 0.2) is 34.7 Å². The van der Waals surface area contributed by atoms with E-state index in [2.05, 4.69) is 0 Å². The number of fused-ring (bicyclic) bond motifs is 3. The lowest BCUT2D eigenvalue weighted by Gasteiger charge is -2.17. The molecule has 15 aromatic rings. The summed E-state index contributed by atoms with van der Waals surface area (Å²) < 4.78 is 160. The highest BCUT2D eigenvalue weighted by Crippen LogP contribution is 2.36. The highest BCUT2D eigenvalue weighted by molar-refractivity contribution is 5.83. The predicted molar refractivity (Wildman–Crippen MR) is 469 cm³/mol. The van der Waals surface area contributed by atoms with Crippen molar-refractivity contribution in [1.82, 2.24) is 56.0 Å². The predicted octanol–water partition coefficient (Wildman–Crippen LogP) is 14.0. The lowest BCUT2D eigenvalue weighted by Crippen LogP contribution is -2.43. The van der Waals surface area contributed by atoms with E-state index in [0.717, 1.165) is 61.6 Å². The summed E-state index contributed by atoms with van der Waals surface area (Å²) in [5, 5.41) is 0. The van der Waals surface area contributed by atoms with E-state index in [-0.39, 0.29) is 100 Å². The van der Waals surface area contributed by atoms with Gasteiger partial charge in [-0.2, -0.15) is 0 Å². The Morgan fingerprint density at radius 1 is 0.336 bits per heavy atom. The number of nitrogens with zero attached hydrogens (tertiary/aromatic N) is 12. The van der Waals surface area contributed by atoms with Crippen molar-refractivity contribution in [3.63, 3.8) is 0 Å². The second-order valence-electron chi connectivity index (χ2n) is 30.9. The molecule has 33 heteroatoms. The number of halogens is 9. The molecule has 662 valence electrons. The van der Waals surface area contributed by atoms with E-state index in [1.54, 1.807) is 99.0 Å². The minimum Gasteiger partial charge on any atom is -0.494 e. The Hall–Kier alpha value is -14.6. The third-order valence-corrected chi connectivity index (χ3v) is 21.6. The van der Waals surface area contributed by atoms with E-state index in [0.29, 0.717) is 82.3 Å². The van der Waals surface area contributed by atoms with Gasteiger partial charge in [-0.3, -0.25) is 37.5 Å². The Labute approximate surface area is 725 Å². The van der Waals surface area contributed by atoms with Crippen LogP contribution in [0, 0.1) is 52.4 Å². The molecule has 0 atom stereocenters. The largest absolute Gasteiger partial charge is 0.494 e. The molecule has 24 nitrogen and oxygen atoms in total. The summed E-state index contributed by atoms with van der Waals surface area (Å²) in [6.45, 7) is 2.59. The van der Waals surface area contributed by atoms with Crippen molar-refractivity contribution in [2.24, 2.45) is 0 Å². The highest BCUT2D eigenvalue weighted by Gasteiger charge is 2.31. The number of nitrogens with two attached hydrogens (primary N) is 1. The van der Waals surface area contributed by atoms with Gasteiger partial charge < -0.3 is 34.6 Å². The minimum absolute atomic E-state index is 0.0255. The van der Waals surface area contributed by atoms with E-state index < -0.39 is 117 Å². The normalized spacial score (nSPS) is 11.5. The Kier molecular flexibility index (Phi) is 27.4. The van der Waals surface area contributed by atoms with Crippen LogP contribution < -0.4 is 53.7 Å². The molecule has 0 bridgehead atoms. The van der Waals surface area contributed by atoms with Crippen molar-refractivity contribution in [2.45, 2.75) is 78.8 Å². The zero-order valence-corrected chi connectivity index (χ0v) is 71.5. The first kappa shape index (κ1) is 91.1. The average molecular weight is 1760 g/mol. The van der Waals surface area contributed by atoms with E-state index in [4.69, 9.17) is 19.9 Å². The molecule has 0 saturated heterocycles. The summed E-state index contributed by atoms with van der Waals surface area (Å²) in [7, 11) is 14.6. The molecule has 2 N–H and O–H groups in total. The Morgan fingerprint density at radius 3 is 0.812 bits per heavy atom. The molecule has 0 radical (unpaired) electrons. The van der Waals surface area contributed by atoms with Gasteiger partial charge in [-0.1, -0.05) is 111 Å². The van der Waals surface area contributed by atoms with Gasteiger partial charge in [-0.25, -0.2) is 81.6 Å². The molecular weight excluding hydrogens is 1670 g/mol. The Balaban J connectivity index is 0.000000164. The molecule has 0 aliphatic heterocycles. The fraction of sp³-hybridized carbons (Fsp3) is 0.221. The maximum absolute atomic E-state index is 15.5. The number of benzene rings is 9. The van der Waals surface area contributed by atoms with Gasteiger partial charge in [0, 0.05) is 120 Å². The second-order valence-corrected chi connectivity index (χ2v) is 30.9. The molecule has 6 aromatic heterocycles. The van der Waals surface area contributed by atoms with E-state index in [1.807, 2.05) is 63.2 Å². The van der Waals surface area contributed by atoms with Crippen LogP contribution in [0.1, 0.15) is 71.2 Å². The Morgan fingerprint density at radius 2 is 0.578 bits per heavy atom. The van der Waals surface area contributed by atoms with Crippen molar-refractivity contribution in [2.75, 3.05) is 69.3 Å². The maximum atomic E-state index is 15.5. The number of anilines is 1. The molecule has 9 aromatic carbocycles. The first-order chi connectivity index (χ1) is 61.2. The molecule has 0 fully saturated rings. The van der Waals surface area contributed by atoms with Crippen LogP contribution in [0.5, 0.6) is 17.2 Å². The second kappa shape index (κ2) is 38.5. The van der Waals surface area contributed by atoms with Crippen molar-refractivity contribution < 1.29 is 63.3 Å². The quantitative estimate of drug-likeness (QED) is 0.0372. The van der Waals surface area contributed by atoms with Crippen molar-refractivity contribution in [1.29, 1.82) is 0 Å². The van der Waals surface area contributed by atoms with Crippen LogP contribution in [-0.2, 0) is 61.7 Å². The van der Waals surface area contributed by atoms with Crippen LogP contribution in [0.15, 0.2) is 229 Å². The standard InChI is InChI=1S/2C33H31F3N4O4.C29H26F3N5O3/c2*1-5-22(41)16-20-12-14-21(15-13-20)23-18-38-31(24(23)17-37(2)3)32(42)40(28-10-7-11-29(44-4)30(28)36)33(43)39(38)19-25-26(34)8-6-9-27(25)35;1-34(2)14-20-19(17-10-12-18(33)13-11-17)15-35-27(20)28(38)37(24-8-5-9-25(40-3)26(24)32)29(39)36(35)16-21-22(30)6-4-7-23(21)31/h2*6-15,18H,5,16-17,19H2,1-4H3;4-13,15H,14,16,33H2,1-3H3. The van der Waals surface area contributed by atoms with E-state index >= 15 is 13.2 Å². The lowest BCUT2D eigenvalue weighted by molar-refractivity contribution is -0.118. The fourth-order valence-electron chi connectivity index (χ4n) is 15.2. The molecule has 128 heavy (non-hydrogen) atoms. The van der Waals surface area contributed by atoms with Crippen LogP contribution in [0.2, 0.25) is 0 Å². The van der Waals surface area contributed by atoms with Gasteiger partial charge in [0.2, 0.25) is 0 Å². The minimum atomic E-state index is -1.01. The molecule has 6 heterocycles. The average Bonchev–Trinajstić information content (AvgIpc) is 1.58. The third-order valence-electron chi connectivity index (χ3n) is 21.6. The number of Topliss-reactive ketones (excluding diaryl/α,β-unsaturated/α-hetero) is 2. The van der Waals surface area contributed by atoms with Crippen LogP contribution in [0.25, 0.3) is 67.0 Å². The van der Waals surface area contributed by atoms with Gasteiger partial charge in [-0.15, -0.1) is 0 Å². The number of aromatic nitrogens is 9. The van der Waals surface area contributed by atoms with Gasteiger partial charge in [0.05, 0.1) is 58.0 Å². The van der Waals surface area contributed by atoms with Crippen LogP contribution in [0.3, 0.4) is 0 Å². The molecule has 0 amide bonds. The first-order valence-electron chi connectivity index (χ1n) is 40.2. The first-order valence-corrected chi connectivity index (χ1v) is 40.2. The lowest BCUT2D eigenvalue weighted by atomic mass is 10.00. The summed E-state index contributed by atoms with van der Waals surface area (Å²) in [4.78, 5) is 114. The Bertz CT molecular complexity index is 6840. The summed E-state index contributed by atoms with van der Waals surface area (Å²) in [5.41, 5.74) is 5.77. The smallest absolute Gasteiger partial charge is 0.351 e. The number of carbonyl (C=O) groups is 2. The summed E-state index contributed by atoms with van der Waals surface area (Å²) >= 11 is 0. The monoisotopic (exact) mass is 1760 g/mol. The summed E-state index contributed by atoms with van der Waals surface area (Å²) in [6.07, 6.45) is 6.09. The van der Waals surface area contributed by atoms with E-state index in [1.165, 1.54) is 108 Å². The van der Waals surface area contributed by atoms with Crippen LogP contribution in [0.4, 0.5) is 45.2 Å². The highest BCUT2D eigenvalue weighted by atomic mass is 19.2. The number of nitrogen functional groups attached to an aromatic ring is 1. The molecule has 15 rings (SSSR count). The van der Waals surface area contributed by atoms with Crippen LogP contribution >= 0.6 is 0 Å². The SMILES string of the molecule is CCC(=O)Cc1ccc(-c2cn3c(c2CN(C)C)c(=O)n(-c2cccc(OC)c2F)c(=O)n3Cc2c(F)cccc2F)cc1.CCC(=O)Cc1ccc(-c2cn3c(c2CN(C)C)c(=O)n(-c2cccc(OC)c2F)c(=O)n3Cc2c(F)cccc2F)cc1.COc1cccc(-n2c(=O)c3c(CN(C)C)c(-c4ccc(N)cc4)cn3n(Cc3c(F)cccc3F)c2=O)c1F. The zero-order valence-electron chi connectivity index (χ0n) is 71.5. The van der Waals surface area contributed by atoms with Gasteiger partial charge in [0.1, 0.15) is 63.0 Å². The van der Waals surface area contributed by atoms with Crippen molar-refractivity contribution >= 4 is 33.8 Å². The molecular formula is C95H88F9N13O11. The number of carbonyl (C=O) groups excluding carboxylic acids is 2. The number of hydrogen-bond donors (Lipinski definition) is 1. The topological polar surface area (TPSA) is 243 Å². The van der Waals surface area contributed by atoms with Crippen LogP contribution in [-0.4, -0.2) is 131 Å². The number of rotatable bonds is 27. The molecule has 0 aliphatic carbocycles. The molecule has 0 unspecified atom stereocenters. The zero-order chi connectivity index (χ0) is 92.1. The number of hydrogen-bond acceptors (Lipinski definition) is 15. The molecule has 0 saturated carbocycles. The van der Waals surface area contributed by atoms with E-state index in [9.17, 15) is 64.7 Å². The summed E-state index contributed by atoms with van der Waals surface area (Å²) in [5.74, 6) is -8.46. The van der Waals surface area contributed by atoms with Crippen molar-refractivity contribution in [3.05, 3.63) is 360 Å². The number of ketones is 2. The summed E-state index contributed by atoms with van der Waals surface area (Å²) in [6, 6.07) is 43.6. The molecule has 0 spiro atoms. The van der Waals surface area contributed by atoms with Gasteiger partial charge in [0.25, 0.3) is 16.7 Å². The number of methoxy groups -OCH3 is 3. The fourth-order valence-corrected chi connectivity index (χ4v) is 15.2. The molecule has 0 aliphatic rings. The van der Waals surface area contributed by atoms with Gasteiger partial charge >= 0.3 is 17.1 Å².